The van der Waals surface area contributed by atoms with Crippen LogP contribution in [0, 0.1) is 11.7 Å². The van der Waals surface area contributed by atoms with Gasteiger partial charge in [0.1, 0.15) is 5.82 Å². The van der Waals surface area contributed by atoms with Crippen LogP contribution in [0.25, 0.3) is 0 Å². The molecule has 0 aliphatic carbocycles. The van der Waals surface area contributed by atoms with Gasteiger partial charge >= 0.3 is 0 Å². The van der Waals surface area contributed by atoms with Crippen molar-refractivity contribution < 1.29 is 18.8 Å². The van der Waals surface area contributed by atoms with E-state index in [-0.39, 0.29) is 29.0 Å². The second-order valence-electron chi connectivity index (χ2n) is 8.22. The lowest BCUT2D eigenvalue weighted by atomic mass is 9.95. The van der Waals surface area contributed by atoms with E-state index in [9.17, 15) is 18.8 Å². The summed E-state index contributed by atoms with van der Waals surface area (Å²) in [5, 5.41) is 5.57. The first kappa shape index (κ1) is 25.1. The summed E-state index contributed by atoms with van der Waals surface area (Å²) >= 11 is 6.69. The third kappa shape index (κ3) is 6.35. The molecule has 0 bridgehead atoms. The quantitative estimate of drug-likeness (QED) is 0.371. The summed E-state index contributed by atoms with van der Waals surface area (Å²) < 4.78 is 15.6. The summed E-state index contributed by atoms with van der Waals surface area (Å²) in [6.07, 6.45) is 1.02. The second-order valence-corrected chi connectivity index (χ2v) is 10.0. The minimum Gasteiger partial charge on any atom is -0.339 e. The first-order chi connectivity index (χ1) is 16.8. The number of anilines is 2. The molecule has 4 rings (SSSR count). The molecule has 0 aromatic heterocycles. The standard InChI is InChI=1S/C26H22Br2FN3O3/c27-18-4-7-21(8-5-18)30-24(33)16-10-12-32(13-11-16)26(35)22-9-6-20(29)15-23(22)31-25(34)17-2-1-3-19(28)14-17/h1-9,14-16H,10-13H2,(H,30,33)(H,31,34). The molecule has 0 saturated carbocycles. The molecule has 0 unspecified atom stereocenters. The molecule has 3 aromatic rings. The molecule has 1 aliphatic rings. The van der Waals surface area contributed by atoms with Crippen LogP contribution < -0.4 is 10.6 Å². The summed E-state index contributed by atoms with van der Waals surface area (Å²) in [7, 11) is 0. The van der Waals surface area contributed by atoms with Gasteiger partial charge in [-0.15, -0.1) is 0 Å². The first-order valence-electron chi connectivity index (χ1n) is 11.0. The van der Waals surface area contributed by atoms with Crippen LogP contribution in [0.2, 0.25) is 0 Å². The van der Waals surface area contributed by atoms with Crippen molar-refractivity contribution in [2.75, 3.05) is 23.7 Å². The van der Waals surface area contributed by atoms with Crippen molar-refractivity contribution in [3.63, 3.8) is 0 Å². The number of carbonyl (C=O) groups excluding carboxylic acids is 3. The van der Waals surface area contributed by atoms with Crippen LogP contribution in [-0.2, 0) is 4.79 Å². The van der Waals surface area contributed by atoms with E-state index in [2.05, 4.69) is 42.5 Å². The highest BCUT2D eigenvalue weighted by Crippen LogP contribution is 2.25. The van der Waals surface area contributed by atoms with Crippen LogP contribution in [0.3, 0.4) is 0 Å². The average Bonchev–Trinajstić information content (AvgIpc) is 2.85. The van der Waals surface area contributed by atoms with Gasteiger partial charge in [-0.3, -0.25) is 14.4 Å². The fourth-order valence-electron chi connectivity index (χ4n) is 3.92. The van der Waals surface area contributed by atoms with Crippen LogP contribution in [0.5, 0.6) is 0 Å². The third-order valence-electron chi connectivity index (χ3n) is 5.81. The molecule has 0 atom stereocenters. The van der Waals surface area contributed by atoms with Crippen molar-refractivity contribution in [1.29, 1.82) is 0 Å². The predicted molar refractivity (Wildman–Crippen MR) is 140 cm³/mol. The van der Waals surface area contributed by atoms with Gasteiger partial charge in [-0.05, 0) is 73.5 Å². The number of hydrogen-bond donors (Lipinski definition) is 2. The summed E-state index contributed by atoms with van der Waals surface area (Å²) in [6, 6.07) is 17.8. The van der Waals surface area contributed by atoms with E-state index in [0.717, 1.165) is 15.0 Å². The molecule has 2 N–H and O–H groups in total. The lowest BCUT2D eigenvalue weighted by molar-refractivity contribution is -0.121. The Balaban J connectivity index is 1.41. The summed E-state index contributed by atoms with van der Waals surface area (Å²) in [5.41, 5.74) is 1.40. The van der Waals surface area contributed by atoms with Crippen molar-refractivity contribution in [2.45, 2.75) is 12.8 Å². The van der Waals surface area contributed by atoms with Crippen LogP contribution in [0.1, 0.15) is 33.6 Å². The number of likely N-dealkylation sites (tertiary alicyclic amines) is 1. The molecule has 3 aromatic carbocycles. The topological polar surface area (TPSA) is 78.5 Å². The van der Waals surface area contributed by atoms with Crippen molar-refractivity contribution in [1.82, 2.24) is 4.90 Å². The highest BCUT2D eigenvalue weighted by Gasteiger charge is 2.29. The highest BCUT2D eigenvalue weighted by atomic mass is 79.9. The van der Waals surface area contributed by atoms with Gasteiger partial charge in [0.25, 0.3) is 11.8 Å². The van der Waals surface area contributed by atoms with E-state index in [4.69, 9.17) is 0 Å². The van der Waals surface area contributed by atoms with Crippen LogP contribution in [-0.4, -0.2) is 35.7 Å². The fourth-order valence-corrected chi connectivity index (χ4v) is 4.59. The smallest absolute Gasteiger partial charge is 0.255 e. The molecule has 3 amide bonds. The number of hydrogen-bond acceptors (Lipinski definition) is 3. The zero-order valence-electron chi connectivity index (χ0n) is 18.6. The SMILES string of the molecule is O=C(Nc1cc(F)ccc1C(=O)N1CCC(C(=O)Nc2ccc(Br)cc2)CC1)c1cccc(Br)c1. The molecule has 180 valence electrons. The van der Waals surface area contributed by atoms with Gasteiger partial charge in [-0.2, -0.15) is 0 Å². The van der Waals surface area contributed by atoms with Gasteiger partial charge in [-0.25, -0.2) is 4.39 Å². The van der Waals surface area contributed by atoms with E-state index in [1.165, 1.54) is 12.1 Å². The van der Waals surface area contributed by atoms with Crippen molar-refractivity contribution in [2.24, 2.45) is 5.92 Å². The van der Waals surface area contributed by atoms with Gasteiger partial charge in [-0.1, -0.05) is 37.9 Å². The molecule has 35 heavy (non-hydrogen) atoms. The Hall–Kier alpha value is -3.04. The van der Waals surface area contributed by atoms with Crippen molar-refractivity contribution in [3.05, 3.63) is 92.6 Å². The number of piperidine rings is 1. The highest BCUT2D eigenvalue weighted by molar-refractivity contribution is 9.10. The molecule has 0 spiro atoms. The van der Waals surface area contributed by atoms with E-state index in [1.54, 1.807) is 29.2 Å². The van der Waals surface area contributed by atoms with Crippen LogP contribution >= 0.6 is 31.9 Å². The van der Waals surface area contributed by atoms with Gasteiger partial charge in [0.05, 0.1) is 11.3 Å². The minimum absolute atomic E-state index is 0.0804. The second kappa shape index (κ2) is 11.1. The van der Waals surface area contributed by atoms with Crippen LogP contribution in [0.4, 0.5) is 15.8 Å². The molecular formula is C26H22Br2FN3O3. The summed E-state index contributed by atoms with van der Waals surface area (Å²) in [4.78, 5) is 40.2. The minimum atomic E-state index is -0.561. The number of benzene rings is 3. The molecule has 1 heterocycles. The normalized spacial score (nSPS) is 13.9. The first-order valence-corrected chi connectivity index (χ1v) is 12.6. The number of nitrogens with one attached hydrogen (secondary N) is 2. The maximum atomic E-state index is 14.0. The predicted octanol–water partition coefficient (Wildman–Crippen LogP) is 6.09. The van der Waals surface area contributed by atoms with Gasteiger partial charge in [0.2, 0.25) is 5.91 Å². The average molecular weight is 603 g/mol. The Bertz CT molecular complexity index is 1260. The number of amides is 3. The molecular weight excluding hydrogens is 581 g/mol. The number of carbonyl (C=O) groups is 3. The Kier molecular flexibility index (Phi) is 7.97. The van der Waals surface area contributed by atoms with Crippen molar-refractivity contribution >= 4 is 61.0 Å². The zero-order chi connectivity index (χ0) is 24.9. The Labute approximate surface area is 219 Å². The largest absolute Gasteiger partial charge is 0.339 e. The zero-order valence-corrected chi connectivity index (χ0v) is 21.7. The molecule has 1 aliphatic heterocycles. The molecule has 1 fully saturated rings. The van der Waals surface area contributed by atoms with E-state index >= 15 is 0 Å². The molecule has 1 saturated heterocycles. The van der Waals surface area contributed by atoms with Gasteiger partial charge in [0, 0.05) is 39.2 Å². The Morgan fingerprint density at radius 2 is 1.57 bits per heavy atom. The number of rotatable bonds is 5. The Morgan fingerprint density at radius 1 is 0.857 bits per heavy atom. The monoisotopic (exact) mass is 601 g/mol. The van der Waals surface area contributed by atoms with E-state index in [1.807, 2.05) is 24.3 Å². The number of halogens is 3. The molecule has 6 nitrogen and oxygen atoms in total. The maximum absolute atomic E-state index is 14.0. The van der Waals surface area contributed by atoms with Crippen LogP contribution in [0.15, 0.2) is 75.7 Å². The fraction of sp³-hybridized carbons (Fsp3) is 0.192. The summed E-state index contributed by atoms with van der Waals surface area (Å²) in [6.45, 7) is 0.765. The lowest BCUT2D eigenvalue weighted by Crippen LogP contribution is -2.41. The molecule has 0 radical (unpaired) electrons. The molecule has 9 heteroatoms. The van der Waals surface area contributed by atoms with Gasteiger partial charge < -0.3 is 15.5 Å². The Morgan fingerprint density at radius 3 is 2.26 bits per heavy atom. The third-order valence-corrected chi connectivity index (χ3v) is 6.83. The van der Waals surface area contributed by atoms with Crippen molar-refractivity contribution in [3.8, 4) is 0 Å². The lowest BCUT2D eigenvalue weighted by Gasteiger charge is -2.32. The van der Waals surface area contributed by atoms with E-state index < -0.39 is 11.7 Å². The van der Waals surface area contributed by atoms with Gasteiger partial charge in [0.15, 0.2) is 0 Å². The summed E-state index contributed by atoms with van der Waals surface area (Å²) in [5.74, 6) is -1.63. The maximum Gasteiger partial charge on any atom is 0.255 e. The van der Waals surface area contributed by atoms with E-state index in [0.29, 0.717) is 37.2 Å². The number of nitrogens with zero attached hydrogens (tertiary/aromatic N) is 1.